The fraction of sp³-hybridized carbons (Fsp3) is 0.500. The fourth-order valence-electron chi connectivity index (χ4n) is 1.87. The van der Waals surface area contributed by atoms with E-state index in [1.54, 1.807) is 20.8 Å². The average Bonchev–Trinajstić information content (AvgIpc) is 2.42. The minimum absolute atomic E-state index is 0.0102. The second-order valence-electron chi connectivity index (χ2n) is 5.86. The standard InChI is InChI=1S/C16H22INO4/c1-5-18(15(21)22-16(2,3)4)13(14(19)20)10-11-6-8-12(17)9-7-11/h6-9,13H,5,10H2,1-4H3,(H,19,20)/t13-/m0/s1/i1D. The Morgan fingerprint density at radius 3 is 2.41 bits per heavy atom. The molecule has 0 saturated carbocycles. The molecule has 6 heteroatoms. The zero-order chi connectivity index (χ0) is 17.6. The van der Waals surface area contributed by atoms with E-state index in [1.165, 1.54) is 0 Å². The molecule has 1 aromatic rings. The van der Waals surface area contributed by atoms with E-state index < -0.39 is 23.7 Å². The second kappa shape index (κ2) is 7.80. The number of carboxylic acids is 1. The molecule has 0 bridgehead atoms. The fourth-order valence-corrected chi connectivity index (χ4v) is 2.23. The van der Waals surface area contributed by atoms with Crippen LogP contribution in [0.2, 0.25) is 0 Å². The minimum Gasteiger partial charge on any atom is -0.480 e. The van der Waals surface area contributed by atoms with Crippen molar-refractivity contribution < 1.29 is 20.8 Å². The van der Waals surface area contributed by atoms with Gasteiger partial charge in [-0.25, -0.2) is 9.59 Å². The van der Waals surface area contributed by atoms with Gasteiger partial charge in [0.15, 0.2) is 0 Å². The van der Waals surface area contributed by atoms with Gasteiger partial charge in [0.25, 0.3) is 0 Å². The Hall–Kier alpha value is -1.31. The van der Waals surface area contributed by atoms with E-state index in [4.69, 9.17) is 6.11 Å². The van der Waals surface area contributed by atoms with E-state index in [0.29, 0.717) is 0 Å². The van der Waals surface area contributed by atoms with Gasteiger partial charge in [-0.3, -0.25) is 4.90 Å². The van der Waals surface area contributed by atoms with Gasteiger partial charge in [0, 0.05) is 17.9 Å². The monoisotopic (exact) mass is 420 g/mol. The third kappa shape index (κ3) is 5.82. The maximum Gasteiger partial charge on any atom is 0.411 e. The van der Waals surface area contributed by atoms with Crippen LogP contribution in [-0.2, 0) is 16.0 Å². The van der Waals surface area contributed by atoms with Crippen LogP contribution in [0.5, 0.6) is 0 Å². The van der Waals surface area contributed by atoms with E-state index in [2.05, 4.69) is 22.6 Å². The molecule has 0 aliphatic carbocycles. The molecule has 0 spiro atoms. The number of benzene rings is 1. The first-order valence-corrected chi connectivity index (χ1v) is 7.98. The van der Waals surface area contributed by atoms with Crippen LogP contribution in [0.3, 0.4) is 0 Å². The van der Waals surface area contributed by atoms with Crippen molar-refractivity contribution in [3.8, 4) is 0 Å². The van der Waals surface area contributed by atoms with Crippen LogP contribution in [0.25, 0.3) is 0 Å². The van der Waals surface area contributed by atoms with Gasteiger partial charge in [0.1, 0.15) is 11.6 Å². The number of carboxylic acid groups (broad SMARTS) is 1. The Morgan fingerprint density at radius 1 is 1.36 bits per heavy atom. The maximum atomic E-state index is 12.3. The van der Waals surface area contributed by atoms with Crippen molar-refractivity contribution in [2.24, 2.45) is 0 Å². The summed E-state index contributed by atoms with van der Waals surface area (Å²) in [4.78, 5) is 25.1. The van der Waals surface area contributed by atoms with Gasteiger partial charge in [-0.2, -0.15) is 0 Å². The van der Waals surface area contributed by atoms with Crippen molar-refractivity contribution in [2.75, 3.05) is 6.54 Å². The highest BCUT2D eigenvalue weighted by Gasteiger charge is 2.31. The maximum absolute atomic E-state index is 12.3. The molecule has 0 radical (unpaired) electrons. The van der Waals surface area contributed by atoms with E-state index >= 15 is 0 Å². The molecule has 0 fully saturated rings. The van der Waals surface area contributed by atoms with Crippen LogP contribution >= 0.6 is 22.6 Å². The number of halogens is 1. The van der Waals surface area contributed by atoms with Crippen molar-refractivity contribution >= 4 is 34.7 Å². The van der Waals surface area contributed by atoms with E-state index in [-0.39, 0.29) is 19.9 Å². The normalized spacial score (nSPS) is 13.2. The molecule has 1 atom stereocenters. The number of hydrogen-bond donors (Lipinski definition) is 1. The van der Waals surface area contributed by atoms with Crippen LogP contribution in [0, 0.1) is 3.57 Å². The number of rotatable bonds is 5. The van der Waals surface area contributed by atoms with Gasteiger partial charge in [0.2, 0.25) is 0 Å². The van der Waals surface area contributed by atoms with Gasteiger partial charge < -0.3 is 9.84 Å². The number of amides is 1. The molecule has 0 heterocycles. The van der Waals surface area contributed by atoms with Crippen molar-refractivity contribution in [3.63, 3.8) is 0 Å². The highest BCUT2D eigenvalue weighted by molar-refractivity contribution is 14.1. The minimum atomic E-state index is -1.11. The van der Waals surface area contributed by atoms with Crippen molar-refractivity contribution in [3.05, 3.63) is 33.4 Å². The predicted octanol–water partition coefficient (Wildman–Crippen LogP) is 3.54. The number of carbonyl (C=O) groups is 2. The molecule has 22 heavy (non-hydrogen) atoms. The number of aliphatic carboxylic acids is 1. The molecular weight excluding hydrogens is 397 g/mol. The SMILES string of the molecule is [2H]CCN(C(=O)OC(C)(C)C)[C@@H](Cc1ccc(I)cc1)C(=O)O. The molecule has 5 nitrogen and oxygen atoms in total. The lowest BCUT2D eigenvalue weighted by molar-refractivity contribution is -0.143. The Bertz CT molecular complexity index is 542. The highest BCUT2D eigenvalue weighted by Crippen LogP contribution is 2.16. The first-order valence-electron chi connectivity index (χ1n) is 7.61. The van der Waals surface area contributed by atoms with Crippen LogP contribution in [0.15, 0.2) is 24.3 Å². The van der Waals surface area contributed by atoms with Gasteiger partial charge in [-0.1, -0.05) is 12.1 Å². The first kappa shape index (κ1) is 17.1. The second-order valence-corrected chi connectivity index (χ2v) is 7.10. The van der Waals surface area contributed by atoms with Crippen molar-refractivity contribution in [1.82, 2.24) is 4.90 Å². The summed E-state index contributed by atoms with van der Waals surface area (Å²) in [5.74, 6) is -1.11. The molecule has 0 saturated heterocycles. The third-order valence-electron chi connectivity index (χ3n) is 2.87. The summed E-state index contributed by atoms with van der Waals surface area (Å²) in [6.07, 6.45) is -0.534. The van der Waals surface area contributed by atoms with E-state index in [1.807, 2.05) is 24.3 Å². The predicted molar refractivity (Wildman–Crippen MR) is 92.9 cm³/mol. The quantitative estimate of drug-likeness (QED) is 0.741. The van der Waals surface area contributed by atoms with Crippen LogP contribution in [-0.4, -0.2) is 40.3 Å². The lowest BCUT2D eigenvalue weighted by Gasteiger charge is -2.30. The summed E-state index contributed by atoms with van der Waals surface area (Å²) < 4.78 is 13.7. The average molecular weight is 420 g/mol. The zero-order valence-corrected chi connectivity index (χ0v) is 15.2. The summed E-state index contributed by atoms with van der Waals surface area (Å²) in [7, 11) is 0. The topological polar surface area (TPSA) is 66.8 Å². The van der Waals surface area contributed by atoms with Gasteiger partial charge in [-0.15, -0.1) is 0 Å². The summed E-state index contributed by atoms with van der Waals surface area (Å²) in [5.41, 5.74) is 0.0971. The third-order valence-corrected chi connectivity index (χ3v) is 3.59. The van der Waals surface area contributed by atoms with Crippen LogP contribution in [0.1, 0.15) is 34.6 Å². The Kier molecular flexibility index (Phi) is 6.05. The summed E-state index contributed by atoms with van der Waals surface area (Å²) in [6, 6.07) is 6.39. The van der Waals surface area contributed by atoms with Gasteiger partial charge in [0.05, 0.1) is 0 Å². The van der Waals surface area contributed by atoms with Crippen molar-refractivity contribution in [1.29, 1.82) is 0 Å². The molecule has 0 aliphatic rings. The molecule has 0 unspecified atom stereocenters. The highest BCUT2D eigenvalue weighted by atomic mass is 127. The molecular formula is C16H22INO4. The molecule has 1 N–H and O–H groups in total. The van der Waals surface area contributed by atoms with E-state index in [0.717, 1.165) is 14.0 Å². The molecule has 1 amide bonds. The number of hydrogen-bond acceptors (Lipinski definition) is 3. The Balaban J connectivity index is 2.99. The van der Waals surface area contributed by atoms with Crippen LogP contribution < -0.4 is 0 Å². The molecule has 1 rings (SSSR count). The molecule has 122 valence electrons. The van der Waals surface area contributed by atoms with Crippen molar-refractivity contribution in [2.45, 2.75) is 45.7 Å². The molecule has 0 aromatic heterocycles. The summed E-state index contributed by atoms with van der Waals surface area (Å²) in [5, 5.41) is 9.52. The smallest absolute Gasteiger partial charge is 0.411 e. The first-order chi connectivity index (χ1) is 10.6. The number of likely N-dealkylation sites (N-methyl/N-ethyl adjacent to an activating group) is 1. The largest absolute Gasteiger partial charge is 0.480 e. The Morgan fingerprint density at radius 2 is 1.95 bits per heavy atom. The summed E-state index contributed by atoms with van der Waals surface area (Å²) >= 11 is 2.17. The molecule has 1 aromatic carbocycles. The summed E-state index contributed by atoms with van der Waals surface area (Å²) in [6.45, 7) is 5.09. The lowest BCUT2D eigenvalue weighted by Crippen LogP contribution is -2.48. The number of nitrogens with zero attached hydrogens (tertiary/aromatic N) is 1. The van der Waals surface area contributed by atoms with Crippen LogP contribution in [0.4, 0.5) is 4.79 Å². The zero-order valence-electron chi connectivity index (χ0n) is 14.0. The number of ether oxygens (including phenoxy) is 1. The van der Waals surface area contributed by atoms with E-state index in [9.17, 15) is 14.7 Å². The van der Waals surface area contributed by atoms with Gasteiger partial charge in [-0.05, 0) is 68.0 Å². The molecule has 0 aliphatic heterocycles. The lowest BCUT2D eigenvalue weighted by atomic mass is 10.0. The number of carbonyl (C=O) groups excluding carboxylic acids is 1. The Labute approximate surface area is 146 Å². The van der Waals surface area contributed by atoms with Gasteiger partial charge >= 0.3 is 12.1 Å².